The van der Waals surface area contributed by atoms with Crippen LogP contribution in [0.3, 0.4) is 0 Å². The number of hydrogen-bond donors (Lipinski definition) is 1. The highest BCUT2D eigenvalue weighted by atomic mass is 35.5. The van der Waals surface area contributed by atoms with E-state index in [1.807, 2.05) is 20.8 Å². The average molecular weight is 285 g/mol. The molecule has 1 aliphatic rings. The van der Waals surface area contributed by atoms with Crippen molar-refractivity contribution in [1.82, 2.24) is 4.90 Å². The second kappa shape index (κ2) is 4.76. The summed E-state index contributed by atoms with van der Waals surface area (Å²) in [6.45, 7) is 5.84. The van der Waals surface area contributed by atoms with Crippen molar-refractivity contribution >= 4 is 17.5 Å². The van der Waals surface area contributed by atoms with E-state index < -0.39 is 5.82 Å². The first-order valence-corrected chi connectivity index (χ1v) is 6.62. The van der Waals surface area contributed by atoms with E-state index in [1.54, 1.807) is 11.0 Å². The summed E-state index contributed by atoms with van der Waals surface area (Å²) in [6.07, 6.45) is 0.284. The topological polar surface area (TPSA) is 46.3 Å². The van der Waals surface area contributed by atoms with E-state index >= 15 is 0 Å². The molecule has 1 amide bonds. The van der Waals surface area contributed by atoms with Gasteiger partial charge in [0.1, 0.15) is 5.82 Å². The molecule has 1 saturated heterocycles. The predicted molar refractivity (Wildman–Crippen MR) is 73.3 cm³/mol. The van der Waals surface area contributed by atoms with Crippen LogP contribution in [0.4, 0.5) is 4.39 Å². The summed E-state index contributed by atoms with van der Waals surface area (Å²) in [5.41, 5.74) is 6.39. The van der Waals surface area contributed by atoms with E-state index in [4.69, 9.17) is 17.3 Å². The lowest BCUT2D eigenvalue weighted by molar-refractivity contribution is -0.133. The van der Waals surface area contributed by atoms with Crippen LogP contribution in [0, 0.1) is 5.82 Å². The zero-order valence-corrected chi connectivity index (χ0v) is 12.0. The van der Waals surface area contributed by atoms with Crippen LogP contribution in [0.1, 0.15) is 38.8 Å². The number of amides is 1. The number of hydrogen-bond acceptors (Lipinski definition) is 2. The minimum Gasteiger partial charge on any atom is -0.329 e. The number of benzene rings is 1. The molecule has 3 nitrogen and oxygen atoms in total. The Bertz CT molecular complexity index is 513. The Balaban J connectivity index is 2.45. The molecule has 0 unspecified atom stereocenters. The average Bonchev–Trinajstić information content (AvgIpc) is 2.57. The molecule has 5 heteroatoms. The molecule has 1 aliphatic heterocycles. The number of nitrogens with zero attached hydrogens (tertiary/aromatic N) is 1. The van der Waals surface area contributed by atoms with Gasteiger partial charge in [-0.2, -0.15) is 0 Å². The fourth-order valence-electron chi connectivity index (χ4n) is 2.64. The molecule has 2 atom stereocenters. The smallest absolute Gasteiger partial charge is 0.225 e. The van der Waals surface area contributed by atoms with Crippen molar-refractivity contribution in [3.63, 3.8) is 0 Å². The second-order valence-corrected chi connectivity index (χ2v) is 6.33. The van der Waals surface area contributed by atoms with Crippen molar-refractivity contribution in [3.8, 4) is 0 Å². The minimum absolute atomic E-state index is 0.000332. The zero-order valence-electron chi connectivity index (χ0n) is 11.3. The van der Waals surface area contributed by atoms with Crippen LogP contribution in [0.25, 0.3) is 0 Å². The van der Waals surface area contributed by atoms with Gasteiger partial charge in [-0.25, -0.2) is 4.39 Å². The minimum atomic E-state index is -0.487. The van der Waals surface area contributed by atoms with Crippen LogP contribution in [-0.4, -0.2) is 22.4 Å². The maximum Gasteiger partial charge on any atom is 0.225 e. The molecule has 19 heavy (non-hydrogen) atoms. The molecule has 0 spiro atoms. The molecule has 0 aliphatic carbocycles. The second-order valence-electron chi connectivity index (χ2n) is 5.92. The van der Waals surface area contributed by atoms with Crippen molar-refractivity contribution < 1.29 is 9.18 Å². The van der Waals surface area contributed by atoms with Crippen LogP contribution in [0.15, 0.2) is 18.2 Å². The molecule has 1 fully saturated rings. The first-order valence-electron chi connectivity index (χ1n) is 6.24. The van der Waals surface area contributed by atoms with Crippen molar-refractivity contribution in [2.24, 2.45) is 5.73 Å². The van der Waals surface area contributed by atoms with Gasteiger partial charge in [0.2, 0.25) is 5.91 Å². The number of halogens is 2. The molecular formula is C14H18ClFN2O. The third kappa shape index (κ3) is 2.60. The Kier molecular flexibility index (Phi) is 3.58. The first kappa shape index (κ1) is 14.3. The molecule has 0 bridgehead atoms. The molecule has 1 aromatic rings. The van der Waals surface area contributed by atoms with Crippen LogP contribution in [0.2, 0.25) is 5.02 Å². The largest absolute Gasteiger partial charge is 0.329 e. The standard InChI is InChI=1S/C14H18ClFN2O/c1-14(2,3)18-12(19)7-11(17)13(18)8-4-5-9(15)10(16)6-8/h4-6,11,13H,7,17H2,1-3H3/t11-,13-/m0/s1. The van der Waals surface area contributed by atoms with Gasteiger partial charge in [-0.05, 0) is 38.5 Å². The summed E-state index contributed by atoms with van der Waals surface area (Å²) in [5.74, 6) is -0.486. The predicted octanol–water partition coefficient (Wildman–Crippen LogP) is 2.88. The molecule has 0 saturated carbocycles. The van der Waals surface area contributed by atoms with Gasteiger partial charge in [0.15, 0.2) is 0 Å². The molecule has 104 valence electrons. The Morgan fingerprint density at radius 2 is 2.05 bits per heavy atom. The van der Waals surface area contributed by atoms with Crippen molar-refractivity contribution in [1.29, 1.82) is 0 Å². The van der Waals surface area contributed by atoms with Crippen LogP contribution < -0.4 is 5.73 Å². The summed E-state index contributed by atoms with van der Waals surface area (Å²) in [5, 5.41) is 0.0731. The van der Waals surface area contributed by atoms with E-state index in [9.17, 15) is 9.18 Å². The van der Waals surface area contributed by atoms with E-state index in [0.29, 0.717) is 5.56 Å². The Labute approximate surface area is 117 Å². The van der Waals surface area contributed by atoms with Gasteiger partial charge in [-0.1, -0.05) is 17.7 Å². The maximum absolute atomic E-state index is 13.6. The zero-order chi connectivity index (χ0) is 14.4. The lowest BCUT2D eigenvalue weighted by Gasteiger charge is -2.38. The highest BCUT2D eigenvalue weighted by Crippen LogP contribution is 2.38. The third-order valence-electron chi connectivity index (χ3n) is 3.37. The van der Waals surface area contributed by atoms with Crippen LogP contribution in [-0.2, 0) is 4.79 Å². The van der Waals surface area contributed by atoms with Gasteiger partial charge < -0.3 is 10.6 Å². The molecule has 2 N–H and O–H groups in total. The van der Waals surface area contributed by atoms with E-state index in [0.717, 1.165) is 0 Å². The van der Waals surface area contributed by atoms with Gasteiger partial charge >= 0.3 is 0 Å². The van der Waals surface area contributed by atoms with Gasteiger partial charge in [0.25, 0.3) is 0 Å². The molecule has 0 aromatic heterocycles. The van der Waals surface area contributed by atoms with Crippen LogP contribution in [0.5, 0.6) is 0 Å². The molecule has 0 radical (unpaired) electrons. The van der Waals surface area contributed by atoms with Crippen molar-refractivity contribution in [2.75, 3.05) is 0 Å². The monoisotopic (exact) mass is 284 g/mol. The first-order chi connectivity index (χ1) is 8.71. The summed E-state index contributed by atoms with van der Waals surface area (Å²) in [7, 11) is 0. The number of nitrogens with two attached hydrogens (primary N) is 1. The van der Waals surface area contributed by atoms with E-state index in [2.05, 4.69) is 0 Å². The Morgan fingerprint density at radius 3 is 2.58 bits per heavy atom. The highest BCUT2D eigenvalue weighted by molar-refractivity contribution is 6.30. The summed E-state index contributed by atoms with van der Waals surface area (Å²) in [4.78, 5) is 13.8. The SMILES string of the molecule is CC(C)(C)N1C(=O)C[C@H](N)[C@@H]1c1ccc(Cl)c(F)c1. The maximum atomic E-state index is 13.6. The van der Waals surface area contributed by atoms with Gasteiger partial charge in [0, 0.05) is 18.0 Å². The molecule has 2 rings (SSSR count). The Morgan fingerprint density at radius 1 is 1.42 bits per heavy atom. The van der Waals surface area contributed by atoms with E-state index in [-0.39, 0.29) is 35.0 Å². The lowest BCUT2D eigenvalue weighted by Crippen LogP contribution is -2.45. The fraction of sp³-hybridized carbons (Fsp3) is 0.500. The summed E-state index contributed by atoms with van der Waals surface area (Å²) < 4.78 is 13.6. The third-order valence-corrected chi connectivity index (χ3v) is 3.68. The summed E-state index contributed by atoms with van der Waals surface area (Å²) >= 11 is 5.69. The highest BCUT2D eigenvalue weighted by Gasteiger charge is 2.43. The normalized spacial score (nSPS) is 24.1. The van der Waals surface area contributed by atoms with Crippen molar-refractivity contribution in [3.05, 3.63) is 34.6 Å². The molecular weight excluding hydrogens is 267 g/mol. The van der Waals surface area contributed by atoms with Crippen molar-refractivity contribution in [2.45, 2.75) is 44.8 Å². The molecule has 1 aromatic carbocycles. The number of carbonyl (C=O) groups excluding carboxylic acids is 1. The van der Waals surface area contributed by atoms with E-state index in [1.165, 1.54) is 12.1 Å². The van der Waals surface area contributed by atoms with Gasteiger partial charge in [0.05, 0.1) is 11.1 Å². The van der Waals surface area contributed by atoms with Gasteiger partial charge in [-0.15, -0.1) is 0 Å². The Hall–Kier alpha value is -1.13. The number of rotatable bonds is 1. The molecule has 1 heterocycles. The van der Waals surface area contributed by atoms with Gasteiger partial charge in [-0.3, -0.25) is 4.79 Å². The number of carbonyl (C=O) groups is 1. The quantitative estimate of drug-likeness (QED) is 0.862. The fourth-order valence-corrected chi connectivity index (χ4v) is 2.76. The summed E-state index contributed by atoms with van der Waals surface area (Å²) in [6, 6.07) is 3.96. The lowest BCUT2D eigenvalue weighted by atomic mass is 9.97. The number of likely N-dealkylation sites (tertiary alicyclic amines) is 1. The van der Waals surface area contributed by atoms with Crippen LogP contribution >= 0.6 is 11.6 Å².